The smallest absolute Gasteiger partial charge is 0.289 e. The molecular formula is C21H22N4O4S. The van der Waals surface area contributed by atoms with Crippen molar-refractivity contribution in [2.24, 2.45) is 0 Å². The number of rotatable bonds is 2. The Kier molecular flexibility index (Phi) is 4.69. The Balaban J connectivity index is 1.38. The van der Waals surface area contributed by atoms with Gasteiger partial charge in [-0.05, 0) is 37.5 Å². The molecule has 0 bridgehead atoms. The second-order valence-electron chi connectivity index (χ2n) is 7.74. The molecule has 0 radical (unpaired) electrons. The van der Waals surface area contributed by atoms with E-state index in [9.17, 15) is 14.4 Å². The summed E-state index contributed by atoms with van der Waals surface area (Å²) in [7, 11) is 0. The van der Waals surface area contributed by atoms with Gasteiger partial charge >= 0.3 is 0 Å². The van der Waals surface area contributed by atoms with Crippen molar-refractivity contribution >= 4 is 33.4 Å². The molecule has 5 rings (SSSR count). The van der Waals surface area contributed by atoms with Gasteiger partial charge in [0.15, 0.2) is 5.76 Å². The van der Waals surface area contributed by atoms with Crippen LogP contribution >= 0.6 is 11.3 Å². The summed E-state index contributed by atoms with van der Waals surface area (Å²) in [6, 6.07) is 3.33. The summed E-state index contributed by atoms with van der Waals surface area (Å²) < 4.78 is 6.95. The SMILES string of the molecule is Cc1c(C(=O)N2CCN(C(=O)c3ccco3)CC2)sc2nc3n(c(=O)c12)CCCC3. The quantitative estimate of drug-likeness (QED) is 0.627. The molecule has 0 atom stereocenters. The molecule has 2 aliphatic rings. The summed E-state index contributed by atoms with van der Waals surface area (Å²) in [4.78, 5) is 48.0. The number of hydrogen-bond acceptors (Lipinski definition) is 6. The number of nitrogens with zero attached hydrogens (tertiary/aromatic N) is 4. The van der Waals surface area contributed by atoms with Crippen molar-refractivity contribution in [3.8, 4) is 0 Å². The number of carbonyl (C=O) groups is 2. The van der Waals surface area contributed by atoms with Crippen LogP contribution in [-0.4, -0.2) is 57.3 Å². The highest BCUT2D eigenvalue weighted by molar-refractivity contribution is 7.20. The van der Waals surface area contributed by atoms with E-state index in [2.05, 4.69) is 0 Å². The van der Waals surface area contributed by atoms with Crippen LogP contribution in [0.25, 0.3) is 10.2 Å². The third kappa shape index (κ3) is 3.04. The molecule has 2 aliphatic heterocycles. The predicted molar refractivity (Wildman–Crippen MR) is 112 cm³/mol. The first-order chi connectivity index (χ1) is 14.5. The molecule has 2 amide bonds. The summed E-state index contributed by atoms with van der Waals surface area (Å²) in [5, 5.41) is 0.570. The molecule has 5 heterocycles. The van der Waals surface area contributed by atoms with Gasteiger partial charge in [-0.1, -0.05) is 0 Å². The lowest BCUT2D eigenvalue weighted by Gasteiger charge is -2.34. The van der Waals surface area contributed by atoms with Gasteiger partial charge in [-0.25, -0.2) is 4.98 Å². The maximum absolute atomic E-state index is 13.2. The van der Waals surface area contributed by atoms with Crippen LogP contribution in [0.15, 0.2) is 27.6 Å². The van der Waals surface area contributed by atoms with Gasteiger partial charge in [-0.2, -0.15) is 0 Å². The monoisotopic (exact) mass is 426 g/mol. The summed E-state index contributed by atoms with van der Waals surface area (Å²) in [5.74, 6) is 0.880. The van der Waals surface area contributed by atoms with E-state index in [1.165, 1.54) is 17.6 Å². The topological polar surface area (TPSA) is 88.7 Å². The van der Waals surface area contributed by atoms with E-state index < -0.39 is 0 Å². The fourth-order valence-corrected chi connectivity index (χ4v) is 5.41. The number of aryl methyl sites for hydroxylation is 2. The fourth-order valence-electron chi connectivity index (χ4n) is 4.25. The number of fused-ring (bicyclic) bond motifs is 2. The van der Waals surface area contributed by atoms with Crippen molar-refractivity contribution in [2.45, 2.75) is 32.7 Å². The average molecular weight is 426 g/mol. The molecule has 1 saturated heterocycles. The van der Waals surface area contributed by atoms with Crippen molar-refractivity contribution in [3.05, 3.63) is 50.8 Å². The van der Waals surface area contributed by atoms with Gasteiger partial charge in [0, 0.05) is 39.1 Å². The molecule has 156 valence electrons. The Morgan fingerprint density at radius 1 is 1.07 bits per heavy atom. The lowest BCUT2D eigenvalue weighted by Crippen LogP contribution is -2.50. The van der Waals surface area contributed by atoms with Crippen molar-refractivity contribution in [3.63, 3.8) is 0 Å². The Morgan fingerprint density at radius 3 is 2.50 bits per heavy atom. The molecule has 0 aliphatic carbocycles. The maximum atomic E-state index is 13.2. The molecule has 9 heteroatoms. The third-order valence-corrected chi connectivity index (χ3v) is 7.12. The average Bonchev–Trinajstić information content (AvgIpc) is 3.42. The highest BCUT2D eigenvalue weighted by Gasteiger charge is 2.29. The maximum Gasteiger partial charge on any atom is 0.289 e. The largest absolute Gasteiger partial charge is 0.459 e. The van der Waals surface area contributed by atoms with E-state index in [-0.39, 0.29) is 17.4 Å². The number of hydrogen-bond donors (Lipinski definition) is 0. The van der Waals surface area contributed by atoms with E-state index in [1.807, 2.05) is 6.92 Å². The van der Waals surface area contributed by atoms with E-state index >= 15 is 0 Å². The van der Waals surface area contributed by atoms with Crippen molar-refractivity contribution in [1.29, 1.82) is 0 Å². The zero-order valence-corrected chi connectivity index (χ0v) is 17.5. The minimum Gasteiger partial charge on any atom is -0.459 e. The van der Waals surface area contributed by atoms with Crippen LogP contribution in [-0.2, 0) is 13.0 Å². The Labute approximate surface area is 176 Å². The van der Waals surface area contributed by atoms with Crippen LogP contribution in [0.4, 0.5) is 0 Å². The number of aromatic nitrogens is 2. The van der Waals surface area contributed by atoms with Gasteiger partial charge in [0.05, 0.1) is 16.5 Å². The van der Waals surface area contributed by atoms with Gasteiger partial charge in [-0.3, -0.25) is 19.0 Å². The molecule has 1 fully saturated rings. The summed E-state index contributed by atoms with van der Waals surface area (Å²) in [5.41, 5.74) is 0.684. The number of piperazine rings is 1. The fraction of sp³-hybridized carbons (Fsp3) is 0.429. The van der Waals surface area contributed by atoms with E-state index in [0.29, 0.717) is 59.1 Å². The standard InChI is InChI=1S/C21H22N4O4S/c1-13-16-18(22-15-6-2-3-7-25(15)20(16)27)30-17(13)21(28)24-10-8-23(9-11-24)19(26)14-5-4-12-29-14/h4-5,12H,2-3,6-11H2,1H3. The highest BCUT2D eigenvalue weighted by atomic mass is 32.1. The minimum atomic E-state index is -0.159. The first-order valence-electron chi connectivity index (χ1n) is 10.2. The third-order valence-electron chi connectivity index (χ3n) is 5.94. The minimum absolute atomic E-state index is 0.0311. The second-order valence-corrected chi connectivity index (χ2v) is 8.74. The Bertz CT molecular complexity index is 1190. The first-order valence-corrected chi connectivity index (χ1v) is 11.0. The van der Waals surface area contributed by atoms with Gasteiger partial charge in [0.1, 0.15) is 10.7 Å². The molecule has 3 aromatic heterocycles. The zero-order chi connectivity index (χ0) is 20.8. The van der Waals surface area contributed by atoms with Gasteiger partial charge in [-0.15, -0.1) is 11.3 Å². The predicted octanol–water partition coefficient (Wildman–Crippen LogP) is 2.29. The summed E-state index contributed by atoms with van der Waals surface area (Å²) in [6.07, 6.45) is 4.30. The van der Waals surface area contributed by atoms with Crippen molar-refractivity contribution < 1.29 is 14.0 Å². The van der Waals surface area contributed by atoms with E-state index in [0.717, 1.165) is 25.1 Å². The molecule has 8 nitrogen and oxygen atoms in total. The first kappa shape index (κ1) is 19.0. The normalized spacial score (nSPS) is 16.7. The number of thiophene rings is 1. The second kappa shape index (κ2) is 7.39. The molecule has 0 N–H and O–H groups in total. The molecule has 30 heavy (non-hydrogen) atoms. The van der Waals surface area contributed by atoms with E-state index in [1.54, 1.807) is 26.5 Å². The van der Waals surface area contributed by atoms with Crippen molar-refractivity contribution in [1.82, 2.24) is 19.4 Å². The van der Waals surface area contributed by atoms with Crippen LogP contribution in [0.1, 0.15) is 44.5 Å². The molecular weight excluding hydrogens is 404 g/mol. The van der Waals surface area contributed by atoms with Crippen LogP contribution < -0.4 is 5.56 Å². The highest BCUT2D eigenvalue weighted by Crippen LogP contribution is 2.30. The number of carbonyl (C=O) groups excluding carboxylic acids is 2. The zero-order valence-electron chi connectivity index (χ0n) is 16.7. The Hall–Kier alpha value is -2.94. The lowest BCUT2D eigenvalue weighted by atomic mass is 10.1. The molecule has 0 spiro atoms. The van der Waals surface area contributed by atoms with E-state index in [4.69, 9.17) is 9.40 Å². The summed E-state index contributed by atoms with van der Waals surface area (Å²) >= 11 is 1.31. The molecule has 3 aromatic rings. The Morgan fingerprint density at radius 2 is 1.80 bits per heavy atom. The van der Waals surface area contributed by atoms with Gasteiger partial charge in [0.2, 0.25) is 0 Å². The molecule has 0 unspecified atom stereocenters. The molecule has 0 saturated carbocycles. The van der Waals surface area contributed by atoms with Crippen molar-refractivity contribution in [2.75, 3.05) is 26.2 Å². The van der Waals surface area contributed by atoms with Gasteiger partial charge < -0.3 is 14.2 Å². The summed E-state index contributed by atoms with van der Waals surface area (Å²) in [6.45, 7) is 4.32. The lowest BCUT2D eigenvalue weighted by molar-refractivity contribution is 0.0520. The number of amides is 2. The number of furan rings is 1. The van der Waals surface area contributed by atoms with Crippen LogP contribution in [0.3, 0.4) is 0 Å². The van der Waals surface area contributed by atoms with Gasteiger partial charge in [0.25, 0.3) is 17.4 Å². The van der Waals surface area contributed by atoms with Crippen LogP contribution in [0.2, 0.25) is 0 Å². The van der Waals surface area contributed by atoms with Crippen LogP contribution in [0.5, 0.6) is 0 Å². The molecule has 0 aromatic carbocycles. The van der Waals surface area contributed by atoms with Crippen LogP contribution in [0, 0.1) is 6.92 Å².